The Morgan fingerprint density at radius 2 is 1.96 bits per heavy atom. The first-order valence-corrected chi connectivity index (χ1v) is 8.73. The minimum Gasteiger partial charge on any atom is -0.359 e. The van der Waals surface area contributed by atoms with E-state index in [1.807, 2.05) is 42.5 Å². The number of aromatic nitrogens is 1. The molecule has 0 fully saturated rings. The number of aliphatic hydroxyl groups is 1. The lowest BCUT2D eigenvalue weighted by Gasteiger charge is -2.15. The summed E-state index contributed by atoms with van der Waals surface area (Å²) in [5.74, 6) is 0.554. The fourth-order valence-corrected chi connectivity index (χ4v) is 2.75. The van der Waals surface area contributed by atoms with E-state index in [1.165, 1.54) is 0 Å². The lowest BCUT2D eigenvalue weighted by molar-refractivity contribution is -0.0871. The number of rotatable bonds is 6. The normalized spacial score (nSPS) is 12.2. The molecule has 1 aromatic heterocycles. The van der Waals surface area contributed by atoms with E-state index in [0.717, 1.165) is 15.6 Å². The van der Waals surface area contributed by atoms with Gasteiger partial charge >= 0.3 is 0 Å². The molecule has 130 valence electrons. The molecule has 0 radical (unpaired) electrons. The van der Waals surface area contributed by atoms with Crippen molar-refractivity contribution >= 4 is 33.2 Å². The Kier molecular flexibility index (Phi) is 5.75. The first-order chi connectivity index (χ1) is 12.0. The molecule has 0 saturated heterocycles. The second-order valence-electron chi connectivity index (χ2n) is 5.37. The first kappa shape index (κ1) is 17.9. The molecule has 0 amide bonds. The minimum absolute atomic E-state index is 0.172. The summed E-state index contributed by atoms with van der Waals surface area (Å²) in [6.45, 7) is 1.93. The van der Waals surface area contributed by atoms with E-state index in [4.69, 9.17) is 20.9 Å². The van der Waals surface area contributed by atoms with Gasteiger partial charge in [-0.25, -0.2) is 0 Å². The van der Waals surface area contributed by atoms with E-state index < -0.39 is 6.41 Å². The summed E-state index contributed by atoms with van der Waals surface area (Å²) in [5, 5.41) is 17.7. The number of aryl methyl sites for hydroxylation is 1. The van der Waals surface area contributed by atoms with Crippen LogP contribution in [0.4, 0.5) is 5.69 Å². The van der Waals surface area contributed by atoms with Crippen LogP contribution in [0.1, 0.15) is 11.3 Å². The Morgan fingerprint density at radius 1 is 1.24 bits per heavy atom. The van der Waals surface area contributed by atoms with E-state index in [2.05, 4.69) is 26.4 Å². The number of benzene rings is 2. The number of halogens is 2. The van der Waals surface area contributed by atoms with Crippen LogP contribution in [-0.4, -0.2) is 16.7 Å². The van der Waals surface area contributed by atoms with Crippen molar-refractivity contribution in [1.82, 2.24) is 5.16 Å². The fraction of sp³-hybridized carbons (Fsp3) is 0.167. The highest BCUT2D eigenvalue weighted by Crippen LogP contribution is 2.31. The van der Waals surface area contributed by atoms with Gasteiger partial charge in [0.2, 0.25) is 6.41 Å². The number of hydrogen-bond donors (Lipinski definition) is 2. The Balaban J connectivity index is 1.71. The maximum absolute atomic E-state index is 10.2. The molecule has 5 nitrogen and oxygen atoms in total. The second-order valence-corrected chi connectivity index (χ2v) is 6.69. The lowest BCUT2D eigenvalue weighted by atomic mass is 10.1. The summed E-state index contributed by atoms with van der Waals surface area (Å²) < 4.78 is 11.6. The number of nitrogens with zero attached hydrogens (tertiary/aromatic N) is 1. The third-order valence-electron chi connectivity index (χ3n) is 3.60. The van der Waals surface area contributed by atoms with Gasteiger partial charge < -0.3 is 19.7 Å². The van der Waals surface area contributed by atoms with E-state index in [1.54, 1.807) is 13.0 Å². The maximum atomic E-state index is 10.2. The molecular formula is C18H16BrClN2O3. The van der Waals surface area contributed by atoms with Gasteiger partial charge in [0, 0.05) is 15.1 Å². The Morgan fingerprint density at radius 3 is 2.68 bits per heavy atom. The summed E-state index contributed by atoms with van der Waals surface area (Å²) in [7, 11) is 0. The van der Waals surface area contributed by atoms with Gasteiger partial charge in [-0.3, -0.25) is 0 Å². The molecule has 25 heavy (non-hydrogen) atoms. The largest absolute Gasteiger partial charge is 0.359 e. The van der Waals surface area contributed by atoms with Gasteiger partial charge in [-0.05, 0) is 30.7 Å². The van der Waals surface area contributed by atoms with Gasteiger partial charge in [-0.2, -0.15) is 0 Å². The molecule has 1 heterocycles. The Labute approximate surface area is 158 Å². The number of anilines is 1. The Hall–Kier alpha value is -1.86. The topological polar surface area (TPSA) is 67.5 Å². The van der Waals surface area contributed by atoms with Crippen LogP contribution in [0.25, 0.3) is 11.3 Å². The highest BCUT2D eigenvalue weighted by atomic mass is 79.9. The molecule has 0 aliphatic rings. The van der Waals surface area contributed by atoms with Gasteiger partial charge in [-0.1, -0.05) is 63.0 Å². The molecule has 0 bridgehead atoms. The van der Waals surface area contributed by atoms with Crippen molar-refractivity contribution in [1.29, 1.82) is 0 Å². The minimum atomic E-state index is -1.23. The van der Waals surface area contributed by atoms with Crippen molar-refractivity contribution in [2.75, 3.05) is 5.32 Å². The van der Waals surface area contributed by atoms with Gasteiger partial charge in [0.1, 0.15) is 11.4 Å². The molecule has 3 aromatic rings. The van der Waals surface area contributed by atoms with E-state index >= 15 is 0 Å². The third kappa shape index (κ3) is 4.41. The van der Waals surface area contributed by atoms with Crippen molar-refractivity contribution in [3.63, 3.8) is 0 Å². The number of ether oxygens (including phenoxy) is 1. The van der Waals surface area contributed by atoms with Crippen LogP contribution in [0, 0.1) is 6.92 Å². The van der Waals surface area contributed by atoms with Crippen LogP contribution in [0.15, 0.2) is 57.5 Å². The molecule has 1 unspecified atom stereocenters. The summed E-state index contributed by atoms with van der Waals surface area (Å²) in [6, 6.07) is 14.9. The number of nitrogens with one attached hydrogen (secondary N) is 1. The van der Waals surface area contributed by atoms with Crippen molar-refractivity contribution in [2.45, 2.75) is 19.9 Å². The van der Waals surface area contributed by atoms with E-state index in [9.17, 15) is 5.11 Å². The van der Waals surface area contributed by atoms with Gasteiger partial charge in [0.25, 0.3) is 0 Å². The number of aliphatic hydroxyl groups excluding tert-OH is 1. The highest BCUT2D eigenvalue weighted by Gasteiger charge is 2.18. The first-order valence-electron chi connectivity index (χ1n) is 7.56. The molecule has 0 spiro atoms. The monoisotopic (exact) mass is 422 g/mol. The molecule has 2 aromatic carbocycles. The Bertz CT molecular complexity index is 852. The van der Waals surface area contributed by atoms with Crippen molar-refractivity contribution < 1.29 is 14.4 Å². The zero-order valence-electron chi connectivity index (χ0n) is 13.4. The van der Waals surface area contributed by atoms with Crippen LogP contribution in [0.2, 0.25) is 5.02 Å². The smallest absolute Gasteiger partial charge is 0.235 e. The quantitative estimate of drug-likeness (QED) is 0.548. The molecular weight excluding hydrogens is 408 g/mol. The van der Waals surface area contributed by atoms with Crippen LogP contribution in [0.3, 0.4) is 0 Å². The third-order valence-corrected chi connectivity index (χ3v) is 4.50. The standard InChI is InChI=1S/C18H16BrClN2O3/c1-11-16(17(22-25-11)12-6-8-14(19)9-7-12)21-18(23)24-10-13-4-2-3-5-15(13)20/h2-9,18,21,23H,10H2,1H3. The lowest BCUT2D eigenvalue weighted by Crippen LogP contribution is -2.22. The van der Waals surface area contributed by atoms with Gasteiger partial charge in [-0.15, -0.1) is 0 Å². The summed E-state index contributed by atoms with van der Waals surface area (Å²) in [4.78, 5) is 0. The van der Waals surface area contributed by atoms with Gasteiger partial charge in [0.05, 0.1) is 6.61 Å². The molecule has 0 aliphatic heterocycles. The molecule has 1 atom stereocenters. The molecule has 7 heteroatoms. The summed E-state index contributed by atoms with van der Waals surface area (Å²) in [5.41, 5.74) is 2.83. The molecule has 0 saturated carbocycles. The number of hydrogen-bond acceptors (Lipinski definition) is 5. The molecule has 2 N–H and O–H groups in total. The van der Waals surface area contributed by atoms with Crippen LogP contribution >= 0.6 is 27.5 Å². The highest BCUT2D eigenvalue weighted by molar-refractivity contribution is 9.10. The molecule has 3 rings (SSSR count). The van der Waals surface area contributed by atoms with Crippen LogP contribution in [0.5, 0.6) is 0 Å². The molecule has 0 aliphatic carbocycles. The average Bonchev–Trinajstić information content (AvgIpc) is 2.96. The van der Waals surface area contributed by atoms with Crippen LogP contribution in [-0.2, 0) is 11.3 Å². The van der Waals surface area contributed by atoms with Crippen LogP contribution < -0.4 is 5.32 Å². The zero-order valence-corrected chi connectivity index (χ0v) is 15.7. The van der Waals surface area contributed by atoms with Gasteiger partial charge in [0.15, 0.2) is 5.76 Å². The summed E-state index contributed by atoms with van der Waals surface area (Å²) >= 11 is 9.48. The maximum Gasteiger partial charge on any atom is 0.235 e. The SMILES string of the molecule is Cc1onc(-c2ccc(Br)cc2)c1NC(O)OCc1ccccc1Cl. The van der Waals surface area contributed by atoms with E-state index in [-0.39, 0.29) is 6.61 Å². The van der Waals surface area contributed by atoms with Crippen molar-refractivity contribution in [2.24, 2.45) is 0 Å². The predicted octanol–water partition coefficient (Wildman–Crippen LogP) is 4.97. The van der Waals surface area contributed by atoms with E-state index in [0.29, 0.717) is 22.2 Å². The zero-order chi connectivity index (χ0) is 17.8. The average molecular weight is 424 g/mol. The summed E-state index contributed by atoms with van der Waals surface area (Å²) in [6.07, 6.45) is -1.23. The van der Waals surface area contributed by atoms with Crippen molar-refractivity contribution in [3.8, 4) is 11.3 Å². The predicted molar refractivity (Wildman–Crippen MR) is 100 cm³/mol. The van der Waals surface area contributed by atoms with Crippen molar-refractivity contribution in [3.05, 3.63) is 69.3 Å². The second kappa shape index (κ2) is 8.01. The fourth-order valence-electron chi connectivity index (χ4n) is 2.30.